The summed E-state index contributed by atoms with van der Waals surface area (Å²) >= 11 is 0. The maximum absolute atomic E-state index is 13.6. The zero-order valence-corrected chi connectivity index (χ0v) is 19.4. The van der Waals surface area contributed by atoms with Gasteiger partial charge in [0.1, 0.15) is 35.6 Å². The lowest BCUT2D eigenvalue weighted by atomic mass is 9.43. The molecule has 1 spiro atoms. The molecule has 14 atom stereocenters. The molecule has 0 aromatic heterocycles. The van der Waals surface area contributed by atoms with E-state index in [9.17, 15) is 30.0 Å². The molecule has 7 rings (SSSR count). The van der Waals surface area contributed by atoms with E-state index in [4.69, 9.17) is 23.7 Å². The van der Waals surface area contributed by atoms with E-state index < -0.39 is 78.9 Å². The number of phenols is 1. The minimum atomic E-state index is -1.57. The normalized spacial score (nSPS) is 52.6. The summed E-state index contributed by atoms with van der Waals surface area (Å²) < 4.78 is 30.0. The van der Waals surface area contributed by atoms with Crippen LogP contribution in [0.4, 0.5) is 0 Å². The fraction of sp³-hybridized carbons (Fsp3) is 0.680. The van der Waals surface area contributed by atoms with Gasteiger partial charge in [0.05, 0.1) is 18.6 Å². The van der Waals surface area contributed by atoms with E-state index in [1.54, 1.807) is 12.1 Å². The van der Waals surface area contributed by atoms with E-state index >= 15 is 0 Å². The number of hydrogen-bond donors (Lipinski definition) is 4. The van der Waals surface area contributed by atoms with Crippen LogP contribution < -0.4 is 0 Å². The van der Waals surface area contributed by atoms with E-state index in [1.165, 1.54) is 12.1 Å². The third-order valence-electron chi connectivity index (χ3n) is 9.37. The lowest BCUT2D eigenvalue weighted by Gasteiger charge is -2.62. The van der Waals surface area contributed by atoms with Crippen molar-refractivity contribution in [1.29, 1.82) is 0 Å². The van der Waals surface area contributed by atoms with Gasteiger partial charge >= 0.3 is 11.9 Å². The zero-order chi connectivity index (χ0) is 25.1. The van der Waals surface area contributed by atoms with Crippen LogP contribution in [0.5, 0.6) is 5.75 Å². The van der Waals surface area contributed by atoms with Crippen LogP contribution in [0.1, 0.15) is 24.8 Å². The number of hydrogen-bond acceptors (Lipinski definition) is 11. The Morgan fingerprint density at radius 3 is 2.47 bits per heavy atom. The van der Waals surface area contributed by atoms with Gasteiger partial charge in [-0.25, -0.2) is 0 Å². The highest BCUT2D eigenvalue weighted by atomic mass is 16.8. The Labute approximate surface area is 205 Å². The van der Waals surface area contributed by atoms with Crippen LogP contribution in [0.2, 0.25) is 0 Å². The van der Waals surface area contributed by atoms with Gasteiger partial charge in [0.25, 0.3) is 0 Å². The number of ether oxygens (including phenoxy) is 5. The molecule has 6 fully saturated rings. The number of benzene rings is 1. The molecule has 2 aliphatic carbocycles. The van der Waals surface area contributed by atoms with Gasteiger partial charge in [-0.15, -0.1) is 0 Å². The second-order valence-corrected chi connectivity index (χ2v) is 11.0. The summed E-state index contributed by atoms with van der Waals surface area (Å²) in [7, 11) is 0. The summed E-state index contributed by atoms with van der Waals surface area (Å²) in [6.07, 6.45) is -8.37. The molecule has 1 aromatic rings. The van der Waals surface area contributed by atoms with Crippen molar-refractivity contribution in [2.24, 2.45) is 29.1 Å². The standard InChI is InChI=1S/C25H28O11/c1-8-6-11-16-13(8)22-35-20-14(15(25(16,20)24(31)33-11)9-2-4-10(27)5-3-9)21(30)34-19-18(29)17(28)12(7-26)32-23(19)36-22/h2-5,8,11-20,22-23,26-29H,6-7H2,1H3/t8-,11-,12+,13+,14+,15+,16-,17-,18-,19+,20+,22-,23-,25-/m0/s1. The van der Waals surface area contributed by atoms with E-state index in [-0.39, 0.29) is 29.6 Å². The average Bonchev–Trinajstić information content (AvgIpc) is 3.32. The van der Waals surface area contributed by atoms with Crippen molar-refractivity contribution in [1.82, 2.24) is 0 Å². The molecular weight excluding hydrogens is 476 g/mol. The zero-order valence-electron chi connectivity index (χ0n) is 19.4. The number of esters is 2. The molecule has 11 heteroatoms. The third-order valence-corrected chi connectivity index (χ3v) is 9.37. The minimum absolute atomic E-state index is 0.0505. The topological polar surface area (TPSA) is 161 Å². The van der Waals surface area contributed by atoms with Crippen molar-refractivity contribution in [2.75, 3.05) is 6.61 Å². The number of aromatic hydroxyl groups is 1. The van der Waals surface area contributed by atoms with Gasteiger partial charge < -0.3 is 44.1 Å². The fourth-order valence-corrected chi connectivity index (χ4v) is 7.92. The van der Waals surface area contributed by atoms with Crippen LogP contribution in [-0.2, 0) is 33.3 Å². The summed E-state index contributed by atoms with van der Waals surface area (Å²) in [6, 6.07) is 6.36. The van der Waals surface area contributed by atoms with Crippen LogP contribution in [0.3, 0.4) is 0 Å². The highest BCUT2D eigenvalue weighted by Gasteiger charge is 2.83. The molecule has 6 aliphatic rings. The van der Waals surface area contributed by atoms with Crippen LogP contribution >= 0.6 is 0 Å². The maximum Gasteiger partial charge on any atom is 0.316 e. The van der Waals surface area contributed by atoms with Gasteiger partial charge in [-0.05, 0) is 30.0 Å². The van der Waals surface area contributed by atoms with Crippen molar-refractivity contribution in [3.63, 3.8) is 0 Å². The summed E-state index contributed by atoms with van der Waals surface area (Å²) in [6.45, 7) is 1.46. The number of phenolic OH excluding ortho intramolecular Hbond substituents is 1. The predicted octanol–water partition coefficient (Wildman–Crippen LogP) is -0.604. The first-order valence-electron chi connectivity index (χ1n) is 12.4. The molecule has 4 aliphatic heterocycles. The number of rotatable bonds is 2. The van der Waals surface area contributed by atoms with Gasteiger partial charge in [-0.3, -0.25) is 9.59 Å². The Hall–Kier alpha value is -2.28. The van der Waals surface area contributed by atoms with Gasteiger partial charge in [-0.1, -0.05) is 19.1 Å². The first-order valence-corrected chi connectivity index (χ1v) is 12.4. The molecular formula is C25H28O11. The second kappa shape index (κ2) is 7.62. The predicted molar refractivity (Wildman–Crippen MR) is 115 cm³/mol. The van der Waals surface area contributed by atoms with Crippen molar-refractivity contribution in [3.8, 4) is 5.75 Å². The average molecular weight is 504 g/mol. The van der Waals surface area contributed by atoms with Crippen molar-refractivity contribution in [3.05, 3.63) is 29.8 Å². The smallest absolute Gasteiger partial charge is 0.316 e. The van der Waals surface area contributed by atoms with E-state index in [0.29, 0.717) is 12.0 Å². The monoisotopic (exact) mass is 504 g/mol. The molecule has 4 saturated heterocycles. The first-order chi connectivity index (χ1) is 17.3. The van der Waals surface area contributed by atoms with Crippen molar-refractivity contribution >= 4 is 11.9 Å². The highest BCUT2D eigenvalue weighted by molar-refractivity contribution is 5.90. The second-order valence-electron chi connectivity index (χ2n) is 11.0. The minimum Gasteiger partial charge on any atom is -0.508 e. The quantitative estimate of drug-likeness (QED) is 0.381. The molecule has 0 unspecified atom stereocenters. The molecule has 0 amide bonds. The molecule has 2 saturated carbocycles. The number of aliphatic hydroxyl groups excluding tert-OH is 3. The first kappa shape index (κ1) is 22.9. The largest absolute Gasteiger partial charge is 0.508 e. The summed E-state index contributed by atoms with van der Waals surface area (Å²) in [5, 5.41) is 40.7. The summed E-state index contributed by atoms with van der Waals surface area (Å²) in [5.41, 5.74) is -0.454. The Kier molecular flexibility index (Phi) is 4.84. The number of carbonyl (C=O) groups is 2. The number of carbonyl (C=O) groups excluding carboxylic acids is 2. The molecule has 1 aromatic carbocycles. The van der Waals surface area contributed by atoms with E-state index in [2.05, 4.69) is 0 Å². The summed E-state index contributed by atoms with van der Waals surface area (Å²) in [5.74, 6) is -3.14. The number of fused-ring (bicyclic) bond motifs is 3. The molecule has 4 N–H and O–H groups in total. The Bertz CT molecular complexity index is 1090. The number of aliphatic hydroxyl groups is 3. The third kappa shape index (κ3) is 2.68. The van der Waals surface area contributed by atoms with Crippen molar-refractivity contribution in [2.45, 2.75) is 68.5 Å². The highest BCUT2D eigenvalue weighted by Crippen LogP contribution is 2.73. The lowest BCUT2D eigenvalue weighted by Crippen LogP contribution is -2.72. The Morgan fingerprint density at radius 1 is 1.00 bits per heavy atom. The van der Waals surface area contributed by atoms with Crippen molar-refractivity contribution < 1.29 is 53.7 Å². The van der Waals surface area contributed by atoms with Gasteiger partial charge in [-0.2, -0.15) is 0 Å². The maximum atomic E-state index is 13.6. The fourth-order valence-electron chi connectivity index (χ4n) is 7.92. The molecule has 36 heavy (non-hydrogen) atoms. The molecule has 4 heterocycles. The van der Waals surface area contributed by atoms with Crippen LogP contribution in [0.15, 0.2) is 24.3 Å². The molecule has 2 bridgehead atoms. The van der Waals surface area contributed by atoms with E-state index in [0.717, 1.165) is 0 Å². The van der Waals surface area contributed by atoms with Crippen LogP contribution in [-0.4, -0.2) is 88.2 Å². The van der Waals surface area contributed by atoms with Gasteiger partial charge in [0.15, 0.2) is 12.4 Å². The molecule has 194 valence electrons. The molecule has 11 nitrogen and oxygen atoms in total. The molecule has 0 radical (unpaired) electrons. The van der Waals surface area contributed by atoms with Crippen LogP contribution in [0, 0.1) is 29.1 Å². The summed E-state index contributed by atoms with van der Waals surface area (Å²) in [4.78, 5) is 27.2. The van der Waals surface area contributed by atoms with E-state index in [1.807, 2.05) is 6.92 Å². The Morgan fingerprint density at radius 2 is 1.75 bits per heavy atom. The van der Waals surface area contributed by atoms with Gasteiger partial charge in [0.2, 0.25) is 6.29 Å². The van der Waals surface area contributed by atoms with Crippen LogP contribution in [0.25, 0.3) is 0 Å². The van der Waals surface area contributed by atoms with Gasteiger partial charge in [0, 0.05) is 17.8 Å². The lowest BCUT2D eigenvalue weighted by molar-refractivity contribution is -0.374. The Balaban J connectivity index is 1.37. The SMILES string of the molecule is C[C@H]1C[C@@H]2OC(=O)[C@@]34[C@@H]2[C@@H]1[C@@H]1O[C@@H]2O[C@H](CO)[C@H](O)[C@H](O)[C@H]2OC(=O)[C@@H]([C@H]3O1)[C@H]4c1ccc(O)cc1.